The summed E-state index contributed by atoms with van der Waals surface area (Å²) < 4.78 is 11.5. The first-order valence-corrected chi connectivity index (χ1v) is 20.2. The second-order valence-corrected chi connectivity index (χ2v) is 14.8. The number of benzene rings is 7. The van der Waals surface area contributed by atoms with Gasteiger partial charge in [-0.15, -0.1) is 0 Å². The van der Waals surface area contributed by atoms with Crippen LogP contribution in [0.25, 0.3) is 0 Å². The summed E-state index contributed by atoms with van der Waals surface area (Å²) in [6.07, 6.45) is -0.777. The van der Waals surface area contributed by atoms with Gasteiger partial charge in [0.25, 0.3) is 0 Å². The summed E-state index contributed by atoms with van der Waals surface area (Å²) in [5, 5.41) is 13.1. The van der Waals surface area contributed by atoms with Crippen molar-refractivity contribution in [2.24, 2.45) is 0 Å². The minimum Gasteiger partial charge on any atom is -0.359 e. The zero-order valence-corrected chi connectivity index (χ0v) is 33.4. The van der Waals surface area contributed by atoms with Crippen molar-refractivity contribution in [2.75, 3.05) is 7.11 Å². The molecular formula is C52H48N4O4. The lowest BCUT2D eigenvalue weighted by atomic mass is 9.76. The lowest BCUT2D eigenvalue weighted by Gasteiger charge is -2.45. The number of methoxy groups -OCH3 is 1. The van der Waals surface area contributed by atoms with Gasteiger partial charge >= 0.3 is 0 Å². The van der Waals surface area contributed by atoms with Crippen molar-refractivity contribution in [1.82, 2.24) is 21.3 Å². The van der Waals surface area contributed by atoms with Gasteiger partial charge in [-0.3, -0.25) is 20.2 Å². The molecule has 2 fully saturated rings. The number of rotatable bonds is 14. The Hall–Kier alpha value is -6.68. The molecule has 0 aliphatic carbocycles. The van der Waals surface area contributed by atoms with Crippen LogP contribution < -0.4 is 21.3 Å². The van der Waals surface area contributed by atoms with Crippen molar-refractivity contribution in [3.05, 3.63) is 251 Å². The largest absolute Gasteiger partial charge is 0.359 e. The molecule has 2 saturated heterocycles. The first-order chi connectivity index (χ1) is 29.5. The summed E-state index contributed by atoms with van der Waals surface area (Å²) >= 11 is 0. The third-order valence-electron chi connectivity index (χ3n) is 11.3. The molecule has 0 aromatic heterocycles. The van der Waals surface area contributed by atoms with Crippen LogP contribution in [0.4, 0.5) is 0 Å². The van der Waals surface area contributed by atoms with Gasteiger partial charge in [-0.2, -0.15) is 0 Å². The summed E-state index contributed by atoms with van der Waals surface area (Å²) in [5.74, 6) is -0.130. The van der Waals surface area contributed by atoms with E-state index < -0.39 is 29.4 Å². The Labute approximate surface area is 351 Å². The number of hydrogen-bond acceptors (Lipinski definition) is 6. The second-order valence-electron chi connectivity index (χ2n) is 14.8. The number of amides is 2. The Kier molecular flexibility index (Phi) is 12.4. The van der Waals surface area contributed by atoms with Gasteiger partial charge in [0, 0.05) is 7.11 Å². The fourth-order valence-corrected chi connectivity index (χ4v) is 8.18. The van der Waals surface area contributed by atoms with E-state index in [2.05, 4.69) is 94.1 Å². The van der Waals surface area contributed by atoms with Crippen molar-refractivity contribution in [3.63, 3.8) is 0 Å². The van der Waals surface area contributed by atoms with E-state index in [0.29, 0.717) is 6.61 Å². The van der Waals surface area contributed by atoms with Gasteiger partial charge in [0.15, 0.2) is 12.5 Å². The van der Waals surface area contributed by atoms with E-state index in [9.17, 15) is 9.59 Å². The maximum Gasteiger partial charge on any atom is 0.243 e. The van der Waals surface area contributed by atoms with Crippen molar-refractivity contribution in [1.29, 1.82) is 0 Å². The maximum absolute atomic E-state index is 12.8. The second kappa shape index (κ2) is 18.5. The zero-order valence-electron chi connectivity index (χ0n) is 33.4. The molecule has 2 aliphatic heterocycles. The van der Waals surface area contributed by atoms with Gasteiger partial charge in [-0.1, -0.05) is 212 Å². The van der Waals surface area contributed by atoms with E-state index in [-0.39, 0.29) is 18.0 Å². The molecule has 0 spiro atoms. The van der Waals surface area contributed by atoms with E-state index in [0.717, 1.165) is 38.9 Å². The Balaban J connectivity index is 0.000000170. The topological polar surface area (TPSA) is 101 Å². The predicted octanol–water partition coefficient (Wildman–Crippen LogP) is 7.65. The molecule has 0 unspecified atom stereocenters. The van der Waals surface area contributed by atoms with Crippen LogP contribution in [0.15, 0.2) is 212 Å². The summed E-state index contributed by atoms with van der Waals surface area (Å²) in [5.41, 5.74) is 6.05. The van der Waals surface area contributed by atoms with Crippen molar-refractivity contribution in [3.8, 4) is 0 Å². The molecule has 4 atom stereocenters. The molecule has 60 heavy (non-hydrogen) atoms. The molecule has 7 aromatic rings. The van der Waals surface area contributed by atoms with Gasteiger partial charge in [0.1, 0.15) is 12.1 Å². The smallest absolute Gasteiger partial charge is 0.243 e. The van der Waals surface area contributed by atoms with Gasteiger partial charge in [0.05, 0.1) is 17.7 Å². The van der Waals surface area contributed by atoms with Gasteiger partial charge in [-0.05, 0) is 38.9 Å². The SMILES string of the molecule is CO[C@H]1NC(=O)[C@H]1NC(c1ccccc1)(c1ccccc1)c1ccccc1.O=C1N[C@@H](OCc2ccccc2)[C@@H]1NC(c1ccccc1)(c1ccccc1)c1ccccc1. The third-order valence-corrected chi connectivity index (χ3v) is 11.3. The molecule has 2 aliphatic rings. The molecule has 2 heterocycles. The predicted molar refractivity (Wildman–Crippen MR) is 234 cm³/mol. The Bertz CT molecular complexity index is 2230. The highest BCUT2D eigenvalue weighted by atomic mass is 16.5. The van der Waals surface area contributed by atoms with Crippen LogP contribution >= 0.6 is 0 Å². The number of nitrogens with one attached hydrogen (secondary N) is 4. The average Bonchev–Trinajstić information content (AvgIpc) is 3.32. The molecule has 0 saturated carbocycles. The summed E-state index contributed by atoms with van der Waals surface area (Å²) in [6, 6.07) is 70.5. The molecular weight excluding hydrogens is 745 g/mol. The summed E-state index contributed by atoms with van der Waals surface area (Å²) in [7, 11) is 1.61. The van der Waals surface area contributed by atoms with Gasteiger partial charge in [-0.25, -0.2) is 0 Å². The van der Waals surface area contributed by atoms with Crippen LogP contribution in [0.3, 0.4) is 0 Å². The molecule has 0 bridgehead atoms. The van der Waals surface area contributed by atoms with Crippen LogP contribution in [-0.4, -0.2) is 43.5 Å². The molecule has 8 nitrogen and oxygen atoms in total. The molecule has 9 rings (SSSR count). The van der Waals surface area contributed by atoms with Crippen LogP contribution in [0.1, 0.15) is 38.9 Å². The summed E-state index contributed by atoms with van der Waals surface area (Å²) in [4.78, 5) is 25.1. The molecule has 0 radical (unpaired) electrons. The van der Waals surface area contributed by atoms with E-state index >= 15 is 0 Å². The fourth-order valence-electron chi connectivity index (χ4n) is 8.18. The molecule has 4 N–H and O–H groups in total. The summed E-state index contributed by atoms with van der Waals surface area (Å²) in [6.45, 7) is 0.430. The number of ether oxygens (including phenoxy) is 2. The quantitative estimate of drug-likeness (QED) is 0.0668. The van der Waals surface area contributed by atoms with E-state index in [1.807, 2.05) is 140 Å². The number of β-lactam (4-membered cyclic amide) rings is 2. The molecule has 7 aromatic carbocycles. The third kappa shape index (κ3) is 8.14. The monoisotopic (exact) mass is 792 g/mol. The lowest BCUT2D eigenvalue weighted by molar-refractivity contribution is -0.149. The van der Waals surface area contributed by atoms with E-state index in [1.165, 1.54) is 0 Å². The van der Waals surface area contributed by atoms with E-state index in [1.54, 1.807) is 7.11 Å². The Morgan fingerprint density at radius 3 is 0.967 bits per heavy atom. The van der Waals surface area contributed by atoms with Crippen molar-refractivity contribution >= 4 is 11.8 Å². The standard InChI is InChI=1S/C29H26N2O2.C23H22N2O2/c32-27-26(28(30-27)33-21-22-13-5-1-6-14-22)31-29(23-15-7-2-8-16-23,24-17-9-3-10-18-24)25-19-11-4-12-20-25;1-27-22-20(21(26)24-22)25-23(17-11-5-2-6-12-17,18-13-7-3-8-14-18)19-15-9-4-10-16-19/h1-20,26,28,31H,21H2,(H,30,32);2-16,20,22,25H,1H3,(H,24,26)/t26-,28+;20-,22-/m11/s1. The minimum atomic E-state index is -0.722. The highest BCUT2D eigenvalue weighted by molar-refractivity contribution is 5.89. The van der Waals surface area contributed by atoms with Gasteiger partial charge < -0.3 is 20.1 Å². The fraction of sp³-hybridized carbons (Fsp3) is 0.154. The van der Waals surface area contributed by atoms with Crippen LogP contribution in [-0.2, 0) is 36.7 Å². The van der Waals surface area contributed by atoms with Crippen molar-refractivity contribution < 1.29 is 19.1 Å². The zero-order chi connectivity index (χ0) is 41.2. The highest BCUT2D eigenvalue weighted by Gasteiger charge is 2.49. The first kappa shape index (κ1) is 40.1. The highest BCUT2D eigenvalue weighted by Crippen LogP contribution is 2.39. The van der Waals surface area contributed by atoms with E-state index in [4.69, 9.17) is 9.47 Å². The molecule has 8 heteroatoms. The van der Waals surface area contributed by atoms with Crippen LogP contribution in [0.2, 0.25) is 0 Å². The van der Waals surface area contributed by atoms with Crippen LogP contribution in [0, 0.1) is 0 Å². The number of hydrogen-bond donors (Lipinski definition) is 4. The average molecular weight is 793 g/mol. The van der Waals surface area contributed by atoms with Crippen LogP contribution in [0.5, 0.6) is 0 Å². The first-order valence-electron chi connectivity index (χ1n) is 20.2. The van der Waals surface area contributed by atoms with Gasteiger partial charge in [0.2, 0.25) is 11.8 Å². The minimum absolute atomic E-state index is 0.0611. The molecule has 2 amide bonds. The molecule has 300 valence electrons. The maximum atomic E-state index is 12.8. The Morgan fingerprint density at radius 1 is 0.417 bits per heavy atom. The normalized spacial score (nSPS) is 18.4. The Morgan fingerprint density at radius 2 is 0.683 bits per heavy atom. The number of carbonyl (C=O) groups excluding carboxylic acids is 2. The lowest BCUT2D eigenvalue weighted by Crippen LogP contribution is -2.72. The number of carbonyl (C=O) groups is 2. The van der Waals surface area contributed by atoms with Crippen molar-refractivity contribution in [2.45, 2.75) is 42.2 Å².